The van der Waals surface area contributed by atoms with Crippen molar-refractivity contribution in [3.63, 3.8) is 0 Å². The van der Waals surface area contributed by atoms with E-state index in [0.29, 0.717) is 21.4 Å². The van der Waals surface area contributed by atoms with Crippen LogP contribution in [0.1, 0.15) is 28.5 Å². The Morgan fingerprint density at radius 2 is 1.83 bits per heavy atom. The van der Waals surface area contributed by atoms with Crippen molar-refractivity contribution in [3.8, 4) is 5.69 Å². The Morgan fingerprint density at radius 1 is 1.17 bits per heavy atom. The molecule has 154 valence electrons. The van der Waals surface area contributed by atoms with E-state index >= 15 is 0 Å². The van der Waals surface area contributed by atoms with Gasteiger partial charge in [0.25, 0.3) is 17.2 Å². The molecule has 0 saturated carbocycles. The lowest BCUT2D eigenvalue weighted by molar-refractivity contribution is -0.384. The average Bonchev–Trinajstić information content (AvgIpc) is 3.02. The predicted octanol–water partition coefficient (Wildman–Crippen LogP) is 3.84. The third-order valence-electron chi connectivity index (χ3n) is 4.26. The maximum Gasteiger partial charge on any atom is 0.280 e. The molecule has 30 heavy (non-hydrogen) atoms. The second-order valence-corrected chi connectivity index (χ2v) is 7.11. The quantitative estimate of drug-likeness (QED) is 0.350. The third-order valence-corrected chi connectivity index (χ3v) is 5.00. The van der Waals surface area contributed by atoms with E-state index in [0.717, 1.165) is 0 Å². The van der Waals surface area contributed by atoms with Crippen molar-refractivity contribution >= 4 is 40.5 Å². The van der Waals surface area contributed by atoms with Crippen LogP contribution in [0.4, 0.5) is 5.69 Å². The van der Waals surface area contributed by atoms with Gasteiger partial charge in [-0.25, -0.2) is 10.1 Å². The minimum absolute atomic E-state index is 0.128. The van der Waals surface area contributed by atoms with E-state index in [4.69, 9.17) is 23.2 Å². The number of carbonyl (C=O) groups is 1. The second-order valence-electron chi connectivity index (χ2n) is 6.29. The van der Waals surface area contributed by atoms with Gasteiger partial charge in [-0.2, -0.15) is 5.10 Å². The Kier molecular flexibility index (Phi) is 6.04. The zero-order valence-electron chi connectivity index (χ0n) is 15.8. The fraction of sp³-hybridized carbons (Fsp3) is 0.105. The normalized spacial score (nSPS) is 11.4. The lowest BCUT2D eigenvalue weighted by Crippen LogP contribution is -2.23. The molecular formula is C19H15Cl2N5O4. The Hall–Kier alpha value is -3.43. The number of benzene rings is 2. The number of halogens is 2. The summed E-state index contributed by atoms with van der Waals surface area (Å²) in [4.78, 5) is 35.2. The van der Waals surface area contributed by atoms with E-state index < -0.39 is 10.8 Å². The number of nitrogens with zero attached hydrogens (tertiary/aromatic N) is 3. The Bertz CT molecular complexity index is 1230. The second kappa shape index (κ2) is 8.52. The van der Waals surface area contributed by atoms with Crippen LogP contribution >= 0.6 is 23.2 Å². The molecule has 0 bridgehead atoms. The van der Waals surface area contributed by atoms with E-state index in [1.165, 1.54) is 28.9 Å². The first kappa shape index (κ1) is 21.3. The zero-order valence-corrected chi connectivity index (χ0v) is 17.3. The van der Waals surface area contributed by atoms with Crippen molar-refractivity contribution in [2.75, 3.05) is 0 Å². The van der Waals surface area contributed by atoms with Crippen LogP contribution < -0.4 is 11.0 Å². The Balaban J connectivity index is 1.85. The van der Waals surface area contributed by atoms with E-state index in [1.54, 1.807) is 32.0 Å². The number of aromatic nitrogens is 2. The van der Waals surface area contributed by atoms with Gasteiger partial charge < -0.3 is 0 Å². The van der Waals surface area contributed by atoms with Crippen LogP contribution in [-0.4, -0.2) is 26.3 Å². The van der Waals surface area contributed by atoms with Crippen molar-refractivity contribution in [2.24, 2.45) is 5.10 Å². The van der Waals surface area contributed by atoms with Gasteiger partial charge in [-0.05, 0) is 44.2 Å². The molecule has 0 spiro atoms. The highest BCUT2D eigenvalue weighted by molar-refractivity contribution is 6.42. The molecule has 1 heterocycles. The van der Waals surface area contributed by atoms with Crippen LogP contribution in [0.15, 0.2) is 52.4 Å². The fourth-order valence-corrected chi connectivity index (χ4v) is 3.06. The van der Waals surface area contributed by atoms with Crippen LogP contribution in [-0.2, 0) is 0 Å². The number of hydrogen-bond donors (Lipinski definition) is 2. The molecule has 0 saturated heterocycles. The Morgan fingerprint density at radius 3 is 2.43 bits per heavy atom. The van der Waals surface area contributed by atoms with Crippen molar-refractivity contribution < 1.29 is 9.72 Å². The van der Waals surface area contributed by atoms with Gasteiger partial charge in [0.15, 0.2) is 0 Å². The molecule has 0 atom stereocenters. The summed E-state index contributed by atoms with van der Waals surface area (Å²) in [5.41, 5.74) is 3.62. The number of hydrazone groups is 1. The molecule has 1 amide bonds. The number of aromatic amines is 1. The first-order chi connectivity index (χ1) is 14.2. The summed E-state index contributed by atoms with van der Waals surface area (Å²) in [6.45, 7) is 3.27. The van der Waals surface area contributed by atoms with Gasteiger partial charge >= 0.3 is 0 Å². The molecule has 0 aliphatic carbocycles. The standard InChI is InChI=1S/C19H15Cl2N5O4/c1-10(22-23-18(27)12-3-5-13(6-4-12)26(29)30)17-11(2)24-25(19(17)28)14-7-8-15(20)16(21)9-14/h3-9,24H,1-2H3,(H,23,27). The lowest BCUT2D eigenvalue weighted by Gasteiger charge is -2.03. The van der Waals surface area contributed by atoms with Crippen molar-refractivity contribution in [1.29, 1.82) is 0 Å². The molecule has 2 N–H and O–H groups in total. The van der Waals surface area contributed by atoms with Crippen molar-refractivity contribution in [3.05, 3.63) is 89.8 Å². The number of aryl methyl sites for hydroxylation is 1. The third kappa shape index (κ3) is 4.27. The van der Waals surface area contributed by atoms with E-state index in [2.05, 4.69) is 15.6 Å². The lowest BCUT2D eigenvalue weighted by atomic mass is 10.2. The number of nitrogens with one attached hydrogen (secondary N) is 2. The van der Waals surface area contributed by atoms with Crippen LogP contribution in [0.3, 0.4) is 0 Å². The highest BCUT2D eigenvalue weighted by atomic mass is 35.5. The molecule has 9 nitrogen and oxygen atoms in total. The molecule has 0 radical (unpaired) electrons. The molecule has 2 aromatic carbocycles. The maximum atomic E-state index is 12.8. The van der Waals surface area contributed by atoms with Gasteiger partial charge in [0.1, 0.15) is 0 Å². The predicted molar refractivity (Wildman–Crippen MR) is 114 cm³/mol. The number of carbonyl (C=O) groups excluding carboxylic acids is 1. The van der Waals surface area contributed by atoms with Crippen LogP contribution in [0.5, 0.6) is 0 Å². The van der Waals surface area contributed by atoms with Crippen molar-refractivity contribution in [1.82, 2.24) is 15.2 Å². The molecule has 0 fully saturated rings. The minimum atomic E-state index is -0.567. The Labute approximate surface area is 180 Å². The highest BCUT2D eigenvalue weighted by Crippen LogP contribution is 2.24. The number of nitro benzene ring substituents is 1. The number of H-pyrrole nitrogens is 1. The summed E-state index contributed by atoms with van der Waals surface area (Å²) in [7, 11) is 0. The summed E-state index contributed by atoms with van der Waals surface area (Å²) in [6, 6.07) is 9.84. The zero-order chi connectivity index (χ0) is 22.0. The van der Waals surface area contributed by atoms with Crippen molar-refractivity contribution in [2.45, 2.75) is 13.8 Å². The first-order valence-electron chi connectivity index (χ1n) is 8.55. The van der Waals surface area contributed by atoms with Gasteiger partial charge in [-0.3, -0.25) is 24.8 Å². The molecule has 0 aliphatic rings. The monoisotopic (exact) mass is 447 g/mol. The van der Waals surface area contributed by atoms with Gasteiger partial charge in [-0.1, -0.05) is 23.2 Å². The van der Waals surface area contributed by atoms with E-state index in [1.807, 2.05) is 0 Å². The van der Waals surface area contributed by atoms with Gasteiger partial charge in [0.2, 0.25) is 0 Å². The molecule has 0 aliphatic heterocycles. The van der Waals surface area contributed by atoms with E-state index in [-0.39, 0.29) is 28.1 Å². The first-order valence-corrected chi connectivity index (χ1v) is 9.31. The smallest absolute Gasteiger partial charge is 0.280 e. The summed E-state index contributed by atoms with van der Waals surface area (Å²) >= 11 is 11.9. The molecule has 0 unspecified atom stereocenters. The fourth-order valence-electron chi connectivity index (χ4n) is 2.77. The van der Waals surface area contributed by atoms with Crippen LogP contribution in [0, 0.1) is 17.0 Å². The molecule has 3 rings (SSSR count). The molecule has 3 aromatic rings. The van der Waals surface area contributed by atoms with E-state index in [9.17, 15) is 19.7 Å². The summed E-state index contributed by atoms with van der Waals surface area (Å²) in [5, 5.41) is 18.3. The molecule has 1 aromatic heterocycles. The number of nitro groups is 1. The van der Waals surface area contributed by atoms with Gasteiger partial charge in [0, 0.05) is 23.4 Å². The largest absolute Gasteiger partial charge is 0.295 e. The summed E-state index contributed by atoms with van der Waals surface area (Å²) < 4.78 is 1.30. The minimum Gasteiger partial charge on any atom is -0.295 e. The summed E-state index contributed by atoms with van der Waals surface area (Å²) in [6.07, 6.45) is 0. The average molecular weight is 448 g/mol. The number of hydrogen-bond acceptors (Lipinski definition) is 5. The maximum absolute atomic E-state index is 12.8. The van der Waals surface area contributed by atoms with Gasteiger partial charge in [-0.15, -0.1) is 0 Å². The number of rotatable bonds is 5. The molecule has 11 heteroatoms. The SMILES string of the molecule is CC(=NNC(=O)c1ccc([N+](=O)[O-])cc1)c1c(C)[nH]n(-c2ccc(Cl)c(Cl)c2)c1=O. The number of non-ortho nitro benzene ring substituents is 1. The topological polar surface area (TPSA) is 122 Å². The van der Waals surface area contributed by atoms with Crippen LogP contribution in [0.2, 0.25) is 10.0 Å². The highest BCUT2D eigenvalue weighted by Gasteiger charge is 2.16. The van der Waals surface area contributed by atoms with Gasteiger partial charge in [0.05, 0.1) is 31.9 Å². The van der Waals surface area contributed by atoms with Crippen LogP contribution in [0.25, 0.3) is 5.69 Å². The summed E-state index contributed by atoms with van der Waals surface area (Å²) in [5.74, 6) is -0.567. The molecular weight excluding hydrogens is 433 g/mol. The number of amides is 1.